The van der Waals surface area contributed by atoms with Gasteiger partial charge >= 0.3 is 0 Å². The molecule has 2 aromatic rings. The molecule has 0 spiro atoms. The first-order chi connectivity index (χ1) is 9.78. The summed E-state index contributed by atoms with van der Waals surface area (Å²) in [5, 5.41) is 6.14. The van der Waals surface area contributed by atoms with E-state index in [1.165, 1.54) is 4.90 Å². The van der Waals surface area contributed by atoms with E-state index in [0.29, 0.717) is 0 Å². The lowest BCUT2D eigenvalue weighted by atomic mass is 10.1. The summed E-state index contributed by atoms with van der Waals surface area (Å²) in [4.78, 5) is 14.2. The molecule has 2 N–H and O–H groups in total. The normalized spacial score (nSPS) is 16.9. The van der Waals surface area contributed by atoms with Crippen LogP contribution in [0.1, 0.15) is 18.5 Å². The molecule has 1 heterocycles. The fourth-order valence-corrected chi connectivity index (χ4v) is 3.21. The van der Waals surface area contributed by atoms with Gasteiger partial charge in [-0.05, 0) is 30.8 Å². The van der Waals surface area contributed by atoms with E-state index in [9.17, 15) is 4.79 Å². The van der Waals surface area contributed by atoms with Crippen LogP contribution in [0, 0.1) is 0 Å². The predicted octanol–water partition coefficient (Wildman–Crippen LogP) is 3.44. The number of likely N-dealkylation sites (N-methyl/N-ethyl adjacent to an activating group) is 1. The lowest BCUT2D eigenvalue weighted by Gasteiger charge is -2.09. The molecule has 1 aliphatic heterocycles. The number of amides is 1. The Morgan fingerprint density at radius 1 is 1.15 bits per heavy atom. The van der Waals surface area contributed by atoms with Crippen molar-refractivity contribution < 1.29 is 4.79 Å². The molecule has 0 saturated carbocycles. The molecule has 3 rings (SSSR count). The summed E-state index contributed by atoms with van der Waals surface area (Å²) in [7, 11) is 0. The highest BCUT2D eigenvalue weighted by atomic mass is 32.2. The maximum atomic E-state index is 11.9. The van der Waals surface area contributed by atoms with Gasteiger partial charge in [0.1, 0.15) is 6.04 Å². The molecule has 0 radical (unpaired) electrons. The van der Waals surface area contributed by atoms with Crippen molar-refractivity contribution in [3.8, 4) is 0 Å². The molecule has 1 atom stereocenters. The van der Waals surface area contributed by atoms with Gasteiger partial charge in [-0.2, -0.15) is 0 Å². The molecule has 20 heavy (non-hydrogen) atoms. The largest absolute Gasteiger partial charge is 0.324 e. The second-order valence-corrected chi connectivity index (χ2v) is 5.79. The van der Waals surface area contributed by atoms with Gasteiger partial charge < -0.3 is 10.6 Å². The van der Waals surface area contributed by atoms with Crippen LogP contribution in [0.4, 0.5) is 5.69 Å². The second-order valence-electron chi connectivity index (χ2n) is 4.64. The molecule has 0 saturated heterocycles. The maximum Gasteiger partial charge on any atom is 0.246 e. The first-order valence-corrected chi connectivity index (χ1v) is 7.50. The number of carbonyl (C=O) groups is 1. The van der Waals surface area contributed by atoms with Gasteiger partial charge in [0, 0.05) is 21.0 Å². The molecule has 1 amide bonds. The van der Waals surface area contributed by atoms with Gasteiger partial charge in [0.15, 0.2) is 0 Å². The van der Waals surface area contributed by atoms with E-state index in [2.05, 4.69) is 28.8 Å². The Morgan fingerprint density at radius 2 is 1.95 bits per heavy atom. The number of fused-ring (bicyclic) bond motifs is 1. The van der Waals surface area contributed by atoms with Gasteiger partial charge in [-0.1, -0.05) is 43.0 Å². The Hall–Kier alpha value is -1.78. The third kappa shape index (κ3) is 2.57. The first kappa shape index (κ1) is 13.2. The topological polar surface area (TPSA) is 41.1 Å². The number of anilines is 1. The van der Waals surface area contributed by atoms with Gasteiger partial charge in [-0.3, -0.25) is 4.79 Å². The number of hydrogen-bond donors (Lipinski definition) is 2. The molecule has 102 valence electrons. The van der Waals surface area contributed by atoms with Crippen LogP contribution in [0.25, 0.3) is 0 Å². The molecule has 0 fully saturated rings. The Labute approximate surface area is 122 Å². The van der Waals surface area contributed by atoms with Gasteiger partial charge in [0.05, 0.1) is 0 Å². The molecule has 1 unspecified atom stereocenters. The highest BCUT2D eigenvalue weighted by Crippen LogP contribution is 2.36. The minimum atomic E-state index is -0.217. The number of nitrogens with one attached hydrogen (secondary N) is 2. The third-order valence-electron chi connectivity index (χ3n) is 3.24. The maximum absolute atomic E-state index is 11.9. The Bertz CT molecular complexity index is 628. The number of rotatable bonds is 4. The van der Waals surface area contributed by atoms with E-state index < -0.39 is 0 Å². The summed E-state index contributed by atoms with van der Waals surface area (Å²) in [6, 6.07) is 16.2. The number of carbonyl (C=O) groups excluding carboxylic acids is 1. The first-order valence-electron chi connectivity index (χ1n) is 6.69. The fourth-order valence-electron chi connectivity index (χ4n) is 2.34. The van der Waals surface area contributed by atoms with Crippen molar-refractivity contribution >= 4 is 23.4 Å². The monoisotopic (exact) mass is 284 g/mol. The number of benzene rings is 2. The van der Waals surface area contributed by atoms with Crippen molar-refractivity contribution in [3.05, 3.63) is 54.1 Å². The summed E-state index contributed by atoms with van der Waals surface area (Å²) < 4.78 is 0. The van der Waals surface area contributed by atoms with Crippen LogP contribution in [0.5, 0.6) is 0 Å². The lowest BCUT2D eigenvalue weighted by molar-refractivity contribution is -0.117. The molecule has 1 aliphatic rings. The summed E-state index contributed by atoms with van der Waals surface area (Å²) >= 11 is 1.70. The zero-order valence-corrected chi connectivity index (χ0v) is 12.0. The van der Waals surface area contributed by atoms with Crippen LogP contribution in [0.15, 0.2) is 58.3 Å². The minimum Gasteiger partial charge on any atom is -0.324 e. The fraction of sp³-hybridized carbons (Fsp3) is 0.188. The smallest absolute Gasteiger partial charge is 0.246 e. The lowest BCUT2D eigenvalue weighted by Crippen LogP contribution is -2.27. The molecule has 4 heteroatoms. The molecule has 3 nitrogen and oxygen atoms in total. The Balaban J connectivity index is 1.84. The highest BCUT2D eigenvalue weighted by Gasteiger charge is 2.29. The average molecular weight is 284 g/mol. The van der Waals surface area contributed by atoms with E-state index in [-0.39, 0.29) is 11.9 Å². The highest BCUT2D eigenvalue weighted by molar-refractivity contribution is 7.99. The van der Waals surface area contributed by atoms with Crippen molar-refractivity contribution in [2.24, 2.45) is 0 Å². The molecular weight excluding hydrogens is 268 g/mol. The van der Waals surface area contributed by atoms with E-state index in [1.54, 1.807) is 11.8 Å². The second kappa shape index (κ2) is 5.69. The van der Waals surface area contributed by atoms with Crippen LogP contribution >= 0.6 is 11.8 Å². The summed E-state index contributed by atoms with van der Waals surface area (Å²) in [5.41, 5.74) is 1.95. The zero-order chi connectivity index (χ0) is 13.9. The predicted molar refractivity (Wildman–Crippen MR) is 82.1 cm³/mol. The summed E-state index contributed by atoms with van der Waals surface area (Å²) in [5.74, 6) is 0.0312. The Kier molecular flexibility index (Phi) is 3.76. The molecular formula is C16H16N2OS. The third-order valence-corrected chi connectivity index (χ3v) is 4.24. The van der Waals surface area contributed by atoms with Crippen molar-refractivity contribution in [1.29, 1.82) is 0 Å². The van der Waals surface area contributed by atoms with Crippen molar-refractivity contribution in [3.63, 3.8) is 0 Å². The van der Waals surface area contributed by atoms with E-state index in [4.69, 9.17) is 0 Å². The van der Waals surface area contributed by atoms with Crippen LogP contribution in [0.2, 0.25) is 0 Å². The molecule has 0 aromatic heterocycles. The van der Waals surface area contributed by atoms with E-state index in [1.807, 2.05) is 37.3 Å². The van der Waals surface area contributed by atoms with Gasteiger partial charge in [-0.25, -0.2) is 0 Å². The van der Waals surface area contributed by atoms with Crippen LogP contribution in [-0.2, 0) is 4.79 Å². The Morgan fingerprint density at radius 3 is 2.70 bits per heavy atom. The van der Waals surface area contributed by atoms with Gasteiger partial charge in [-0.15, -0.1) is 0 Å². The SMILES string of the molecule is CCNC1C(=O)Nc2cc(Sc3ccccc3)ccc21. The van der Waals surface area contributed by atoms with Gasteiger partial charge in [0.2, 0.25) is 5.91 Å². The van der Waals surface area contributed by atoms with Crippen molar-refractivity contribution in [1.82, 2.24) is 5.32 Å². The molecule has 2 aromatic carbocycles. The van der Waals surface area contributed by atoms with E-state index >= 15 is 0 Å². The van der Waals surface area contributed by atoms with Crippen LogP contribution in [0.3, 0.4) is 0 Å². The van der Waals surface area contributed by atoms with Crippen molar-refractivity contribution in [2.75, 3.05) is 11.9 Å². The molecule has 0 aliphatic carbocycles. The van der Waals surface area contributed by atoms with E-state index in [0.717, 1.165) is 22.7 Å². The summed E-state index contributed by atoms with van der Waals surface area (Å²) in [6.07, 6.45) is 0. The van der Waals surface area contributed by atoms with Gasteiger partial charge in [0.25, 0.3) is 0 Å². The average Bonchev–Trinajstić information content (AvgIpc) is 2.76. The van der Waals surface area contributed by atoms with Crippen LogP contribution < -0.4 is 10.6 Å². The quantitative estimate of drug-likeness (QED) is 0.903. The molecule has 0 bridgehead atoms. The summed E-state index contributed by atoms with van der Waals surface area (Å²) in [6.45, 7) is 2.78. The van der Waals surface area contributed by atoms with Crippen LogP contribution in [-0.4, -0.2) is 12.5 Å². The standard InChI is InChI=1S/C16H16N2OS/c1-2-17-15-13-9-8-12(10-14(13)18-16(15)19)20-11-6-4-3-5-7-11/h3-10,15,17H,2H2,1H3,(H,18,19). The van der Waals surface area contributed by atoms with Crippen molar-refractivity contribution in [2.45, 2.75) is 22.8 Å². The zero-order valence-electron chi connectivity index (χ0n) is 11.2. The number of hydrogen-bond acceptors (Lipinski definition) is 3. The minimum absolute atomic E-state index is 0.0312.